The van der Waals surface area contributed by atoms with Crippen LogP contribution in [0, 0.1) is 0 Å². The van der Waals surface area contributed by atoms with Crippen LogP contribution in [-0.2, 0) is 0 Å². The minimum absolute atomic E-state index is 0.191. The molecular formula is C27H16N2O2S. The number of para-hydroxylation sites is 1. The highest BCUT2D eigenvalue weighted by atomic mass is 32.1. The molecule has 5 aromatic rings. The topological polar surface area (TPSA) is 52.0 Å². The van der Waals surface area contributed by atoms with E-state index in [0.717, 1.165) is 32.3 Å². The quantitative estimate of drug-likeness (QED) is 0.251. The third kappa shape index (κ3) is 2.87. The molecule has 0 atom stereocenters. The molecule has 0 radical (unpaired) electrons. The van der Waals surface area contributed by atoms with Gasteiger partial charge in [-0.05, 0) is 24.3 Å². The Bertz CT molecular complexity index is 1510. The van der Waals surface area contributed by atoms with Crippen LogP contribution in [-0.4, -0.2) is 21.1 Å². The van der Waals surface area contributed by atoms with Crippen molar-refractivity contribution in [3.8, 4) is 16.3 Å². The van der Waals surface area contributed by atoms with Gasteiger partial charge < -0.3 is 0 Å². The molecule has 0 aliphatic heterocycles. The van der Waals surface area contributed by atoms with Crippen LogP contribution >= 0.6 is 11.3 Å². The lowest BCUT2D eigenvalue weighted by Crippen LogP contribution is -2.03. The zero-order valence-electron chi connectivity index (χ0n) is 16.9. The smallest absolute Gasteiger partial charge is 0.197 e. The molecule has 2 heterocycles. The Morgan fingerprint density at radius 2 is 1.34 bits per heavy atom. The number of carbonyl (C=O) groups is 2. The first kappa shape index (κ1) is 18.7. The molecule has 1 aliphatic rings. The van der Waals surface area contributed by atoms with Gasteiger partial charge in [0.15, 0.2) is 17.2 Å². The summed E-state index contributed by atoms with van der Waals surface area (Å²) in [6, 6.07) is 28.9. The number of aromatic nitrogens is 2. The molecule has 2 aromatic heterocycles. The fourth-order valence-electron chi connectivity index (χ4n) is 4.11. The van der Waals surface area contributed by atoms with Crippen molar-refractivity contribution in [2.45, 2.75) is 0 Å². The number of nitrogens with zero attached hydrogens (tertiary/aromatic N) is 2. The first-order valence-electron chi connectivity index (χ1n) is 10.2. The number of hydrogen-bond donors (Lipinski definition) is 0. The minimum atomic E-state index is -0.229. The molecular weight excluding hydrogens is 416 g/mol. The fourth-order valence-corrected chi connectivity index (χ4v) is 5.11. The maximum atomic E-state index is 12.9. The Labute approximate surface area is 188 Å². The third-order valence-corrected chi connectivity index (χ3v) is 6.66. The zero-order chi connectivity index (χ0) is 21.7. The van der Waals surface area contributed by atoms with E-state index in [1.54, 1.807) is 41.7 Å². The van der Waals surface area contributed by atoms with E-state index in [9.17, 15) is 9.59 Å². The van der Waals surface area contributed by atoms with E-state index in [1.165, 1.54) is 0 Å². The van der Waals surface area contributed by atoms with Crippen LogP contribution in [0.15, 0.2) is 96.6 Å². The largest absolute Gasteiger partial charge is 0.294 e. The lowest BCUT2D eigenvalue weighted by atomic mass is 10.1. The monoisotopic (exact) mass is 432 g/mol. The van der Waals surface area contributed by atoms with Crippen LogP contribution in [0.25, 0.3) is 32.7 Å². The van der Waals surface area contributed by atoms with Gasteiger partial charge in [0.25, 0.3) is 0 Å². The molecule has 4 nitrogen and oxygen atoms in total. The molecule has 0 saturated heterocycles. The highest BCUT2D eigenvalue weighted by Gasteiger charge is 2.33. The number of ketones is 2. The molecule has 6 rings (SSSR count). The third-order valence-electron chi connectivity index (χ3n) is 5.62. The van der Waals surface area contributed by atoms with Crippen molar-refractivity contribution in [3.63, 3.8) is 0 Å². The van der Waals surface area contributed by atoms with Crippen molar-refractivity contribution >= 4 is 39.3 Å². The second-order valence-electron chi connectivity index (χ2n) is 7.57. The Morgan fingerprint density at radius 3 is 2.00 bits per heavy atom. The second-order valence-corrected chi connectivity index (χ2v) is 8.61. The summed E-state index contributed by atoms with van der Waals surface area (Å²) in [5.74, 6) is -0.458. The summed E-state index contributed by atoms with van der Waals surface area (Å²) in [4.78, 5) is 30.8. The summed E-state index contributed by atoms with van der Waals surface area (Å²) in [6.45, 7) is 0. The van der Waals surface area contributed by atoms with Gasteiger partial charge in [-0.25, -0.2) is 4.98 Å². The Morgan fingerprint density at radius 1 is 0.750 bits per heavy atom. The minimum Gasteiger partial charge on any atom is -0.294 e. The van der Waals surface area contributed by atoms with E-state index in [-0.39, 0.29) is 17.1 Å². The number of thiazole rings is 1. The summed E-state index contributed by atoms with van der Waals surface area (Å²) in [7, 11) is 0. The fraction of sp³-hybridized carbons (Fsp3) is 0. The van der Waals surface area contributed by atoms with E-state index < -0.39 is 0 Å². The van der Waals surface area contributed by atoms with Gasteiger partial charge in [0, 0.05) is 22.4 Å². The number of carbonyl (C=O) groups excluding carboxylic acids is 2. The average molecular weight is 433 g/mol. The molecule has 0 fully saturated rings. The number of benzene rings is 3. The van der Waals surface area contributed by atoms with Crippen LogP contribution in [0.3, 0.4) is 0 Å². The van der Waals surface area contributed by atoms with Gasteiger partial charge in [0.2, 0.25) is 0 Å². The van der Waals surface area contributed by atoms with Gasteiger partial charge in [-0.1, -0.05) is 72.8 Å². The molecule has 0 saturated carbocycles. The molecule has 0 spiro atoms. The summed E-state index contributed by atoms with van der Waals surface area (Å²) in [5.41, 5.74) is 4.67. The van der Waals surface area contributed by atoms with E-state index in [1.807, 2.05) is 71.3 Å². The number of fused-ring (bicyclic) bond motifs is 2. The maximum Gasteiger partial charge on any atom is 0.197 e. The summed E-state index contributed by atoms with van der Waals surface area (Å²) in [6.07, 6.45) is 1.70. The van der Waals surface area contributed by atoms with Crippen LogP contribution in [0.4, 0.5) is 0 Å². The van der Waals surface area contributed by atoms with E-state index in [4.69, 9.17) is 4.98 Å². The van der Waals surface area contributed by atoms with E-state index >= 15 is 0 Å². The van der Waals surface area contributed by atoms with Crippen molar-refractivity contribution in [1.29, 1.82) is 0 Å². The molecule has 152 valence electrons. The Kier molecular flexibility index (Phi) is 4.23. The summed E-state index contributed by atoms with van der Waals surface area (Å²) < 4.78 is 3.00. The summed E-state index contributed by atoms with van der Waals surface area (Å²) >= 11 is 1.60. The van der Waals surface area contributed by atoms with Crippen molar-refractivity contribution in [1.82, 2.24) is 9.55 Å². The van der Waals surface area contributed by atoms with Gasteiger partial charge in [0.1, 0.15) is 5.01 Å². The van der Waals surface area contributed by atoms with Crippen LogP contribution < -0.4 is 0 Å². The molecule has 0 amide bonds. The maximum absolute atomic E-state index is 12.9. The predicted octanol–water partition coefficient (Wildman–Crippen LogP) is 6.22. The highest BCUT2D eigenvalue weighted by molar-refractivity contribution is 7.21. The van der Waals surface area contributed by atoms with Gasteiger partial charge >= 0.3 is 0 Å². The van der Waals surface area contributed by atoms with Gasteiger partial charge in [0.05, 0.1) is 16.0 Å². The molecule has 0 unspecified atom stereocenters. The van der Waals surface area contributed by atoms with Crippen LogP contribution in [0.1, 0.15) is 26.4 Å². The zero-order valence-corrected chi connectivity index (χ0v) is 17.7. The predicted molar refractivity (Wildman–Crippen MR) is 127 cm³/mol. The Balaban J connectivity index is 1.55. The van der Waals surface area contributed by atoms with Crippen LogP contribution in [0.2, 0.25) is 0 Å². The average Bonchev–Trinajstić information content (AvgIpc) is 3.47. The van der Waals surface area contributed by atoms with Crippen molar-refractivity contribution in [3.05, 3.63) is 113 Å². The molecule has 5 heteroatoms. The standard InChI is InChI=1S/C27H16N2O2S/c30-24-20-13-7-8-14-21(20)25(31)22(24)15-19-16-23-26(29(19)18-11-5-2-6-12-18)28-27(32-23)17-9-3-1-4-10-17/h1-16H. The lowest BCUT2D eigenvalue weighted by Gasteiger charge is -2.07. The van der Waals surface area contributed by atoms with E-state index in [0.29, 0.717) is 11.1 Å². The molecule has 3 aromatic carbocycles. The lowest BCUT2D eigenvalue weighted by molar-refractivity contribution is 0.0990. The van der Waals surface area contributed by atoms with Gasteiger partial charge in [-0.3, -0.25) is 14.2 Å². The molecule has 32 heavy (non-hydrogen) atoms. The SMILES string of the molecule is O=C1C(=Cc2cc3sc(-c4ccccc4)nc3n2-c2ccccc2)C(=O)c2ccccc21. The number of hydrogen-bond acceptors (Lipinski definition) is 4. The van der Waals surface area contributed by atoms with Crippen LogP contribution in [0.5, 0.6) is 0 Å². The van der Waals surface area contributed by atoms with E-state index in [2.05, 4.69) is 0 Å². The first-order chi connectivity index (χ1) is 15.7. The van der Waals surface area contributed by atoms with Gasteiger partial charge in [-0.2, -0.15) is 0 Å². The number of Topliss-reactive ketones (excluding diaryl/α,β-unsaturated/α-hetero) is 2. The highest BCUT2D eigenvalue weighted by Crippen LogP contribution is 2.36. The normalized spacial score (nSPS) is 13.1. The number of rotatable bonds is 3. The molecule has 0 N–H and O–H groups in total. The van der Waals surface area contributed by atoms with Gasteiger partial charge in [-0.15, -0.1) is 11.3 Å². The van der Waals surface area contributed by atoms with Crippen molar-refractivity contribution < 1.29 is 9.59 Å². The first-order valence-corrected chi connectivity index (χ1v) is 11.1. The summed E-state index contributed by atoms with van der Waals surface area (Å²) in [5, 5.41) is 0.930. The Hall–Kier alpha value is -4.09. The second kappa shape index (κ2) is 7.25. The molecule has 1 aliphatic carbocycles. The number of allylic oxidation sites excluding steroid dienone is 1. The van der Waals surface area contributed by atoms with Crippen molar-refractivity contribution in [2.75, 3.05) is 0 Å². The molecule has 0 bridgehead atoms. The van der Waals surface area contributed by atoms with Crippen molar-refractivity contribution in [2.24, 2.45) is 0 Å².